The lowest BCUT2D eigenvalue weighted by Crippen LogP contribution is -2.46. The minimum atomic E-state index is -0.211. The van der Waals surface area contributed by atoms with Crippen molar-refractivity contribution >= 4 is 5.91 Å². The minimum Gasteiger partial charge on any atom is -0.368 e. The van der Waals surface area contributed by atoms with Crippen molar-refractivity contribution in [2.45, 2.75) is 37.6 Å². The van der Waals surface area contributed by atoms with Crippen LogP contribution in [-0.2, 0) is 4.79 Å². The maximum absolute atomic E-state index is 11.2. The van der Waals surface area contributed by atoms with Crippen molar-refractivity contribution in [3.63, 3.8) is 0 Å². The Labute approximate surface area is 120 Å². The second-order valence-corrected chi connectivity index (χ2v) is 6.18. The van der Waals surface area contributed by atoms with Crippen molar-refractivity contribution < 1.29 is 4.79 Å². The lowest BCUT2D eigenvalue weighted by Gasteiger charge is -2.28. The molecule has 3 N–H and O–H groups in total. The highest BCUT2D eigenvalue weighted by molar-refractivity contribution is 5.79. The van der Waals surface area contributed by atoms with Gasteiger partial charge in [0.15, 0.2) is 0 Å². The second-order valence-electron chi connectivity index (χ2n) is 6.18. The fourth-order valence-corrected chi connectivity index (χ4v) is 3.36. The van der Waals surface area contributed by atoms with Gasteiger partial charge in [0.05, 0.1) is 6.04 Å². The van der Waals surface area contributed by atoms with Gasteiger partial charge in [-0.05, 0) is 62.0 Å². The summed E-state index contributed by atoms with van der Waals surface area (Å²) in [6.45, 7) is 0.904. The molecule has 4 atom stereocenters. The number of primary amides is 1. The van der Waals surface area contributed by atoms with E-state index in [0.717, 1.165) is 31.2 Å². The molecule has 2 fully saturated rings. The number of benzene rings is 1. The number of hydrogen-bond donors (Lipinski definition) is 2. The van der Waals surface area contributed by atoms with E-state index in [1.54, 1.807) is 0 Å². The average molecular weight is 271 g/mol. The minimum absolute atomic E-state index is 0.130. The lowest BCUT2D eigenvalue weighted by atomic mass is 9.87. The van der Waals surface area contributed by atoms with Gasteiger partial charge < -0.3 is 11.1 Å². The zero-order valence-electron chi connectivity index (χ0n) is 11.8. The predicted octanol–water partition coefficient (Wildman–Crippen LogP) is 2.24. The quantitative estimate of drug-likeness (QED) is 0.863. The molecule has 1 aliphatic heterocycles. The van der Waals surface area contributed by atoms with E-state index in [1.165, 1.54) is 18.4 Å². The van der Waals surface area contributed by atoms with Crippen molar-refractivity contribution in [2.75, 3.05) is 6.54 Å². The molecule has 1 radical (unpaired) electrons. The number of hydrogen-bond acceptors (Lipinski definition) is 2. The molecule has 4 unspecified atom stereocenters. The fourth-order valence-electron chi connectivity index (χ4n) is 3.36. The first kappa shape index (κ1) is 13.6. The third-order valence-corrected chi connectivity index (χ3v) is 4.71. The van der Waals surface area contributed by atoms with E-state index in [1.807, 2.05) is 0 Å². The van der Waals surface area contributed by atoms with Crippen molar-refractivity contribution in [2.24, 2.45) is 17.6 Å². The topological polar surface area (TPSA) is 55.1 Å². The summed E-state index contributed by atoms with van der Waals surface area (Å²) in [6.07, 6.45) is 6.93. The summed E-state index contributed by atoms with van der Waals surface area (Å²) in [4.78, 5) is 11.2. The van der Waals surface area contributed by atoms with Crippen molar-refractivity contribution in [3.8, 4) is 0 Å². The van der Waals surface area contributed by atoms with E-state index in [2.05, 4.69) is 42.1 Å². The van der Waals surface area contributed by atoms with Crippen LogP contribution in [0.25, 0.3) is 0 Å². The van der Waals surface area contributed by atoms with E-state index < -0.39 is 0 Å². The van der Waals surface area contributed by atoms with E-state index in [4.69, 9.17) is 5.73 Å². The zero-order valence-corrected chi connectivity index (χ0v) is 11.8. The van der Waals surface area contributed by atoms with Crippen molar-refractivity contribution in [1.29, 1.82) is 0 Å². The normalized spacial score (nSPS) is 32.8. The van der Waals surface area contributed by atoms with Crippen LogP contribution in [0, 0.1) is 18.3 Å². The van der Waals surface area contributed by atoms with Crippen LogP contribution < -0.4 is 11.1 Å². The molecule has 3 rings (SSSR count). The number of carbonyl (C=O) groups excluding carboxylic acids is 1. The number of carbonyl (C=O) groups is 1. The Morgan fingerprint density at radius 1 is 1.30 bits per heavy atom. The van der Waals surface area contributed by atoms with Crippen LogP contribution >= 0.6 is 0 Å². The Balaban J connectivity index is 1.44. The molecule has 1 saturated carbocycles. The molecule has 1 heterocycles. The molecule has 1 aliphatic carbocycles. The predicted molar refractivity (Wildman–Crippen MR) is 79.9 cm³/mol. The molecule has 0 bridgehead atoms. The van der Waals surface area contributed by atoms with Gasteiger partial charge in [-0.1, -0.05) is 30.3 Å². The first-order chi connectivity index (χ1) is 9.74. The molecule has 1 aromatic rings. The Morgan fingerprint density at radius 3 is 2.85 bits per heavy atom. The smallest absolute Gasteiger partial charge is 0.234 e. The average Bonchev–Trinajstić information content (AvgIpc) is 3.26. The van der Waals surface area contributed by atoms with E-state index in [-0.39, 0.29) is 11.9 Å². The molecule has 20 heavy (non-hydrogen) atoms. The zero-order chi connectivity index (χ0) is 13.9. The van der Waals surface area contributed by atoms with Crippen LogP contribution in [0.3, 0.4) is 0 Å². The van der Waals surface area contributed by atoms with Gasteiger partial charge in [0, 0.05) is 0 Å². The lowest BCUT2D eigenvalue weighted by molar-refractivity contribution is -0.120. The molecule has 0 spiro atoms. The molecule has 2 aliphatic rings. The number of piperidine rings is 1. The number of nitrogens with one attached hydrogen (secondary N) is 1. The van der Waals surface area contributed by atoms with Crippen LogP contribution in [0.4, 0.5) is 0 Å². The number of rotatable bonds is 5. The summed E-state index contributed by atoms with van der Waals surface area (Å²) >= 11 is 0. The molecule has 3 nitrogen and oxygen atoms in total. The molecule has 0 aromatic heterocycles. The second kappa shape index (κ2) is 5.96. The Morgan fingerprint density at radius 2 is 2.10 bits per heavy atom. The van der Waals surface area contributed by atoms with Crippen LogP contribution in [0.15, 0.2) is 30.3 Å². The molecule has 1 aromatic carbocycles. The van der Waals surface area contributed by atoms with Crippen molar-refractivity contribution in [1.82, 2.24) is 5.32 Å². The summed E-state index contributed by atoms with van der Waals surface area (Å²) in [6, 6.07) is 10.7. The Kier molecular flexibility index (Phi) is 4.06. The van der Waals surface area contributed by atoms with E-state index >= 15 is 0 Å². The summed E-state index contributed by atoms with van der Waals surface area (Å²) in [5, 5.41) is 3.19. The first-order valence-corrected chi connectivity index (χ1v) is 7.65. The van der Waals surface area contributed by atoms with Gasteiger partial charge in [0.1, 0.15) is 0 Å². The number of nitrogens with two attached hydrogens (primary N) is 1. The summed E-state index contributed by atoms with van der Waals surface area (Å²) < 4.78 is 0. The number of amides is 1. The monoisotopic (exact) mass is 271 g/mol. The molecule has 1 saturated heterocycles. The molecule has 107 valence electrons. The van der Waals surface area contributed by atoms with E-state index in [9.17, 15) is 4.79 Å². The molecular formula is C17H23N2O. The first-order valence-electron chi connectivity index (χ1n) is 7.65. The van der Waals surface area contributed by atoms with Gasteiger partial charge >= 0.3 is 0 Å². The van der Waals surface area contributed by atoms with Gasteiger partial charge in [-0.15, -0.1) is 0 Å². The van der Waals surface area contributed by atoms with Gasteiger partial charge in [-0.3, -0.25) is 4.79 Å². The molecular weight excluding hydrogens is 248 g/mol. The Hall–Kier alpha value is -1.35. The third-order valence-electron chi connectivity index (χ3n) is 4.71. The summed E-state index contributed by atoms with van der Waals surface area (Å²) in [5.74, 6) is 1.89. The van der Waals surface area contributed by atoms with Crippen molar-refractivity contribution in [3.05, 3.63) is 42.3 Å². The van der Waals surface area contributed by atoms with Gasteiger partial charge in [0.2, 0.25) is 5.91 Å². The highest BCUT2D eigenvalue weighted by atomic mass is 16.1. The van der Waals surface area contributed by atoms with Gasteiger partial charge in [-0.2, -0.15) is 0 Å². The molecule has 3 heteroatoms. The standard InChI is InChI=1S/C17H23N2O/c18-17(20)16-10-12(8-9-19-16)6-7-14-11-15(14)13-4-2-1-3-5-13/h1-6,12,14-16,19H,7-11H2,(H2,18,20). The third kappa shape index (κ3) is 3.21. The largest absolute Gasteiger partial charge is 0.368 e. The summed E-state index contributed by atoms with van der Waals surface area (Å²) in [5.41, 5.74) is 6.86. The Bertz CT molecular complexity index is 459. The highest BCUT2D eigenvalue weighted by Gasteiger charge is 2.38. The van der Waals surface area contributed by atoms with Gasteiger partial charge in [0.25, 0.3) is 0 Å². The summed E-state index contributed by atoms with van der Waals surface area (Å²) in [7, 11) is 0. The SMILES string of the molecule is NC(=O)C1CC([CH]CC2CC2c2ccccc2)CCN1. The maximum Gasteiger partial charge on any atom is 0.234 e. The molecule has 1 amide bonds. The maximum atomic E-state index is 11.2. The van der Waals surface area contributed by atoms with Crippen LogP contribution in [0.1, 0.15) is 37.2 Å². The van der Waals surface area contributed by atoms with Gasteiger partial charge in [-0.25, -0.2) is 0 Å². The highest BCUT2D eigenvalue weighted by Crippen LogP contribution is 2.50. The van der Waals surface area contributed by atoms with E-state index in [0.29, 0.717) is 5.92 Å². The van der Waals surface area contributed by atoms with Crippen LogP contribution in [-0.4, -0.2) is 18.5 Å². The fraction of sp³-hybridized carbons (Fsp3) is 0.529. The van der Waals surface area contributed by atoms with Crippen LogP contribution in [0.5, 0.6) is 0 Å². The van der Waals surface area contributed by atoms with Crippen LogP contribution in [0.2, 0.25) is 0 Å².